The normalized spacial score (nSPS) is 15.8. The van der Waals surface area contributed by atoms with Gasteiger partial charge in [-0.2, -0.15) is 4.99 Å². The van der Waals surface area contributed by atoms with Crippen molar-refractivity contribution in [1.82, 2.24) is 9.13 Å². The number of isocyanates is 1. The number of rotatable bonds is 3. The molecule has 2 aromatic rings. The van der Waals surface area contributed by atoms with E-state index in [-0.39, 0.29) is 5.69 Å². The van der Waals surface area contributed by atoms with Crippen LogP contribution in [-0.2, 0) is 17.4 Å². The van der Waals surface area contributed by atoms with Crippen molar-refractivity contribution in [3.63, 3.8) is 0 Å². The van der Waals surface area contributed by atoms with Crippen molar-refractivity contribution in [3.05, 3.63) is 52.7 Å². The maximum atomic E-state index is 12.0. The quantitative estimate of drug-likeness (QED) is 0.616. The molecule has 0 radical (unpaired) electrons. The summed E-state index contributed by atoms with van der Waals surface area (Å²) in [4.78, 5) is 26.6. The smallest absolute Gasteiger partial charge is 0.302 e. The van der Waals surface area contributed by atoms with Gasteiger partial charge in [0.1, 0.15) is 5.54 Å². The van der Waals surface area contributed by atoms with Crippen molar-refractivity contribution < 1.29 is 4.79 Å². The highest BCUT2D eigenvalue weighted by atomic mass is 16.1. The fourth-order valence-electron chi connectivity index (χ4n) is 2.37. The molecule has 0 spiro atoms. The second-order valence-corrected chi connectivity index (χ2v) is 4.81. The predicted molar refractivity (Wildman–Crippen MR) is 70.0 cm³/mol. The summed E-state index contributed by atoms with van der Waals surface area (Å²) >= 11 is 0. The number of hydrogen-bond donors (Lipinski definition) is 0. The molecule has 5 nitrogen and oxygen atoms in total. The lowest BCUT2D eigenvalue weighted by Gasteiger charge is -2.14. The Morgan fingerprint density at radius 2 is 2.00 bits per heavy atom. The zero-order valence-electron chi connectivity index (χ0n) is 10.5. The van der Waals surface area contributed by atoms with Crippen LogP contribution in [0.1, 0.15) is 18.4 Å². The van der Waals surface area contributed by atoms with Crippen molar-refractivity contribution in [2.75, 3.05) is 0 Å². The minimum Gasteiger partial charge on any atom is -0.302 e. The summed E-state index contributed by atoms with van der Waals surface area (Å²) in [7, 11) is 1.71. The SMILES string of the molecule is Cn1ccn(-c2ccccc2C2(N=C=O)CC2)c1=O. The van der Waals surface area contributed by atoms with E-state index in [9.17, 15) is 9.59 Å². The van der Waals surface area contributed by atoms with E-state index in [1.54, 1.807) is 30.1 Å². The molecule has 0 N–H and O–H groups in total. The Bertz CT molecular complexity index is 731. The first kappa shape index (κ1) is 11.7. The topological polar surface area (TPSA) is 56.4 Å². The fraction of sp³-hybridized carbons (Fsp3) is 0.286. The highest BCUT2D eigenvalue weighted by molar-refractivity contribution is 5.51. The van der Waals surface area contributed by atoms with E-state index in [1.807, 2.05) is 24.3 Å². The molecular formula is C14H13N3O2. The van der Waals surface area contributed by atoms with Gasteiger partial charge in [0.05, 0.1) is 5.69 Å². The number of nitrogens with zero attached hydrogens (tertiary/aromatic N) is 3. The molecular weight excluding hydrogens is 242 g/mol. The van der Waals surface area contributed by atoms with Crippen molar-refractivity contribution in [3.8, 4) is 5.69 Å². The molecule has 0 aliphatic heterocycles. The largest absolute Gasteiger partial charge is 0.332 e. The molecule has 1 heterocycles. The molecule has 1 aliphatic carbocycles. The third kappa shape index (κ3) is 1.75. The second-order valence-electron chi connectivity index (χ2n) is 4.81. The summed E-state index contributed by atoms with van der Waals surface area (Å²) < 4.78 is 3.09. The van der Waals surface area contributed by atoms with Crippen molar-refractivity contribution in [1.29, 1.82) is 0 Å². The first-order valence-electron chi connectivity index (χ1n) is 6.11. The van der Waals surface area contributed by atoms with Gasteiger partial charge in [-0.15, -0.1) is 0 Å². The third-order valence-corrected chi connectivity index (χ3v) is 3.60. The first-order chi connectivity index (χ1) is 9.18. The summed E-state index contributed by atoms with van der Waals surface area (Å²) in [6.45, 7) is 0. The number of carbonyl (C=O) groups excluding carboxylic acids is 1. The van der Waals surface area contributed by atoms with Crippen LogP contribution >= 0.6 is 0 Å². The summed E-state index contributed by atoms with van der Waals surface area (Å²) in [6, 6.07) is 7.56. The average Bonchev–Trinajstić information content (AvgIpc) is 3.13. The number of aliphatic imine (C=N–C) groups is 1. The maximum Gasteiger partial charge on any atom is 0.332 e. The van der Waals surface area contributed by atoms with E-state index in [2.05, 4.69) is 4.99 Å². The standard InChI is InChI=1S/C14H13N3O2/c1-16-8-9-17(13(16)19)12-5-3-2-4-11(12)14(6-7-14)15-10-18/h2-5,8-9H,6-7H2,1H3. The van der Waals surface area contributed by atoms with Crippen LogP contribution in [0.3, 0.4) is 0 Å². The molecule has 1 fully saturated rings. The van der Waals surface area contributed by atoms with Gasteiger partial charge in [0, 0.05) is 25.0 Å². The molecule has 1 aromatic heterocycles. The van der Waals surface area contributed by atoms with Crippen molar-refractivity contribution in [2.45, 2.75) is 18.4 Å². The first-order valence-corrected chi connectivity index (χ1v) is 6.11. The predicted octanol–water partition coefficient (Wildman–Crippen LogP) is 1.50. The lowest BCUT2D eigenvalue weighted by atomic mass is 10.0. The number of aromatic nitrogens is 2. The van der Waals surface area contributed by atoms with Gasteiger partial charge in [0.2, 0.25) is 6.08 Å². The molecule has 3 rings (SSSR count). The molecule has 0 saturated heterocycles. The van der Waals surface area contributed by atoms with E-state index in [1.165, 1.54) is 4.57 Å². The Balaban J connectivity index is 2.21. The van der Waals surface area contributed by atoms with Crippen LogP contribution in [0.5, 0.6) is 0 Å². The van der Waals surface area contributed by atoms with Gasteiger partial charge in [-0.05, 0) is 18.9 Å². The zero-order valence-corrected chi connectivity index (χ0v) is 10.5. The molecule has 0 unspecified atom stereocenters. The highest BCUT2D eigenvalue weighted by Gasteiger charge is 2.46. The van der Waals surface area contributed by atoms with E-state index in [0.29, 0.717) is 0 Å². The van der Waals surface area contributed by atoms with Gasteiger partial charge in [0.25, 0.3) is 0 Å². The lowest BCUT2D eigenvalue weighted by molar-refractivity contribution is 0.556. The molecule has 1 aromatic carbocycles. The van der Waals surface area contributed by atoms with Gasteiger partial charge in [0.15, 0.2) is 0 Å². The van der Waals surface area contributed by atoms with E-state index >= 15 is 0 Å². The van der Waals surface area contributed by atoms with Crippen LogP contribution in [-0.4, -0.2) is 15.2 Å². The zero-order chi connectivity index (χ0) is 13.5. The molecule has 5 heteroatoms. The number of para-hydroxylation sites is 1. The Hall–Kier alpha value is -2.39. The summed E-state index contributed by atoms with van der Waals surface area (Å²) in [5.74, 6) is 0. The average molecular weight is 255 g/mol. The molecule has 96 valence electrons. The highest BCUT2D eigenvalue weighted by Crippen LogP contribution is 2.50. The molecule has 19 heavy (non-hydrogen) atoms. The maximum absolute atomic E-state index is 12.0. The van der Waals surface area contributed by atoms with E-state index in [0.717, 1.165) is 24.1 Å². The monoisotopic (exact) mass is 255 g/mol. The van der Waals surface area contributed by atoms with Crippen LogP contribution < -0.4 is 5.69 Å². The van der Waals surface area contributed by atoms with E-state index < -0.39 is 5.54 Å². The van der Waals surface area contributed by atoms with Gasteiger partial charge >= 0.3 is 5.69 Å². The van der Waals surface area contributed by atoms with Gasteiger partial charge in [-0.25, -0.2) is 9.59 Å². The van der Waals surface area contributed by atoms with Crippen LogP contribution in [0.15, 0.2) is 46.4 Å². The fourth-order valence-corrected chi connectivity index (χ4v) is 2.37. The molecule has 0 atom stereocenters. The molecule has 1 aliphatic rings. The van der Waals surface area contributed by atoms with Gasteiger partial charge < -0.3 is 4.57 Å². The summed E-state index contributed by atoms with van der Waals surface area (Å²) in [5.41, 5.74) is 1.10. The molecule has 0 amide bonds. The second kappa shape index (κ2) is 4.07. The Morgan fingerprint density at radius 3 is 2.58 bits per heavy atom. The van der Waals surface area contributed by atoms with Crippen LogP contribution in [0.2, 0.25) is 0 Å². The Morgan fingerprint density at radius 1 is 1.26 bits per heavy atom. The lowest BCUT2D eigenvalue weighted by Crippen LogP contribution is -2.22. The van der Waals surface area contributed by atoms with Crippen molar-refractivity contribution in [2.24, 2.45) is 12.0 Å². The third-order valence-electron chi connectivity index (χ3n) is 3.60. The summed E-state index contributed by atoms with van der Waals surface area (Å²) in [6.07, 6.45) is 6.72. The van der Waals surface area contributed by atoms with Crippen LogP contribution in [0.4, 0.5) is 0 Å². The van der Waals surface area contributed by atoms with Gasteiger partial charge in [-0.1, -0.05) is 18.2 Å². The Labute approximate surface area is 109 Å². The van der Waals surface area contributed by atoms with Crippen molar-refractivity contribution >= 4 is 6.08 Å². The van der Waals surface area contributed by atoms with E-state index in [4.69, 9.17) is 0 Å². The number of hydrogen-bond acceptors (Lipinski definition) is 3. The Kier molecular flexibility index (Phi) is 2.50. The molecule has 1 saturated carbocycles. The van der Waals surface area contributed by atoms with Crippen LogP contribution in [0.25, 0.3) is 5.69 Å². The number of aryl methyl sites for hydroxylation is 1. The minimum atomic E-state index is -0.479. The summed E-state index contributed by atoms with van der Waals surface area (Å²) in [5, 5.41) is 0. The van der Waals surface area contributed by atoms with Crippen LogP contribution in [0, 0.1) is 0 Å². The number of imidazole rings is 1. The minimum absolute atomic E-state index is 0.113. The molecule has 0 bridgehead atoms. The van der Waals surface area contributed by atoms with Gasteiger partial charge in [-0.3, -0.25) is 4.57 Å². The number of benzene rings is 1.